The maximum Gasteiger partial charge on any atom is 0.228 e. The number of ether oxygens (including phenoxy) is 1. The van der Waals surface area contributed by atoms with Gasteiger partial charge in [0.2, 0.25) is 5.91 Å². The van der Waals surface area contributed by atoms with Gasteiger partial charge >= 0.3 is 0 Å². The highest BCUT2D eigenvalue weighted by molar-refractivity contribution is 5.93. The number of aromatic nitrogens is 2. The molecule has 0 fully saturated rings. The molecule has 2 aromatic carbocycles. The molecule has 0 spiro atoms. The van der Waals surface area contributed by atoms with Crippen LogP contribution in [0.3, 0.4) is 0 Å². The number of carbonyl (C=O) groups excluding carboxylic acids is 1. The Labute approximate surface area is 165 Å². The van der Waals surface area contributed by atoms with Crippen molar-refractivity contribution in [3.63, 3.8) is 0 Å². The summed E-state index contributed by atoms with van der Waals surface area (Å²) in [5, 5.41) is 3.00. The fourth-order valence-electron chi connectivity index (χ4n) is 3.67. The van der Waals surface area contributed by atoms with E-state index in [1.807, 2.05) is 49.4 Å². The highest BCUT2D eigenvalue weighted by Gasteiger charge is 2.14. The van der Waals surface area contributed by atoms with Crippen molar-refractivity contribution < 1.29 is 9.53 Å². The quantitative estimate of drug-likeness (QED) is 0.720. The minimum Gasteiger partial charge on any atom is -0.496 e. The van der Waals surface area contributed by atoms with Gasteiger partial charge in [0.05, 0.1) is 19.2 Å². The number of nitrogens with zero attached hydrogens (tertiary/aromatic N) is 2. The number of carbonyl (C=O) groups is 1. The third kappa shape index (κ3) is 3.93. The zero-order valence-electron chi connectivity index (χ0n) is 16.4. The molecule has 1 aliphatic rings. The van der Waals surface area contributed by atoms with Crippen LogP contribution in [0.4, 0.5) is 5.69 Å². The second-order valence-corrected chi connectivity index (χ2v) is 7.30. The summed E-state index contributed by atoms with van der Waals surface area (Å²) < 4.78 is 7.59. The fraction of sp³-hybridized carbons (Fsp3) is 0.304. The molecule has 0 saturated heterocycles. The maximum absolute atomic E-state index is 12.5. The van der Waals surface area contributed by atoms with Gasteiger partial charge in [0.1, 0.15) is 11.6 Å². The summed E-state index contributed by atoms with van der Waals surface area (Å²) >= 11 is 0. The molecule has 144 valence electrons. The second-order valence-electron chi connectivity index (χ2n) is 7.30. The van der Waals surface area contributed by atoms with Gasteiger partial charge in [-0.2, -0.15) is 0 Å². The number of hydrogen-bond acceptors (Lipinski definition) is 3. The van der Waals surface area contributed by atoms with Gasteiger partial charge in [-0.15, -0.1) is 0 Å². The summed E-state index contributed by atoms with van der Waals surface area (Å²) in [5.41, 5.74) is 4.76. The molecule has 0 radical (unpaired) electrons. The molecule has 1 amide bonds. The van der Waals surface area contributed by atoms with Crippen LogP contribution in [0.15, 0.2) is 48.7 Å². The number of rotatable bonds is 5. The van der Waals surface area contributed by atoms with Crippen LogP contribution in [-0.2, 0) is 24.2 Å². The second kappa shape index (κ2) is 7.89. The van der Waals surface area contributed by atoms with Crippen LogP contribution in [0.5, 0.6) is 5.75 Å². The van der Waals surface area contributed by atoms with E-state index < -0.39 is 0 Å². The summed E-state index contributed by atoms with van der Waals surface area (Å²) in [6.07, 6.45) is 5.88. The van der Waals surface area contributed by atoms with Gasteiger partial charge in [0.15, 0.2) is 0 Å². The van der Waals surface area contributed by atoms with E-state index in [1.54, 1.807) is 7.11 Å². The first kappa shape index (κ1) is 18.3. The average molecular weight is 375 g/mol. The Morgan fingerprint density at radius 3 is 2.93 bits per heavy atom. The van der Waals surface area contributed by atoms with E-state index >= 15 is 0 Å². The molecule has 0 unspecified atom stereocenters. The SMILES string of the molecule is COc1cc(CC(=O)Nc2cccc(-c3cn4c(n3)CCCC4)c2)ccc1C. The zero-order chi connectivity index (χ0) is 19.5. The minimum atomic E-state index is -0.0489. The van der Waals surface area contributed by atoms with Crippen LogP contribution in [0.25, 0.3) is 11.3 Å². The molecular weight excluding hydrogens is 350 g/mol. The van der Waals surface area contributed by atoms with E-state index in [0.29, 0.717) is 6.42 Å². The molecule has 0 saturated carbocycles. The molecule has 5 heteroatoms. The molecule has 1 N–H and O–H groups in total. The van der Waals surface area contributed by atoms with Crippen molar-refractivity contribution >= 4 is 11.6 Å². The van der Waals surface area contributed by atoms with Crippen molar-refractivity contribution in [1.82, 2.24) is 9.55 Å². The van der Waals surface area contributed by atoms with Crippen LogP contribution >= 0.6 is 0 Å². The average Bonchev–Trinajstić information content (AvgIpc) is 3.14. The minimum absolute atomic E-state index is 0.0489. The van der Waals surface area contributed by atoms with Gasteiger partial charge in [0, 0.05) is 30.4 Å². The maximum atomic E-state index is 12.5. The lowest BCUT2D eigenvalue weighted by molar-refractivity contribution is -0.115. The van der Waals surface area contributed by atoms with Crippen molar-refractivity contribution in [3.8, 4) is 17.0 Å². The monoisotopic (exact) mass is 375 g/mol. The molecule has 28 heavy (non-hydrogen) atoms. The van der Waals surface area contributed by atoms with Crippen molar-refractivity contribution in [2.45, 2.75) is 39.2 Å². The number of aryl methyl sites for hydroxylation is 3. The first-order valence-corrected chi connectivity index (χ1v) is 9.72. The number of anilines is 1. The Morgan fingerprint density at radius 1 is 1.21 bits per heavy atom. The van der Waals surface area contributed by atoms with Gasteiger partial charge < -0.3 is 14.6 Å². The smallest absolute Gasteiger partial charge is 0.228 e. The molecule has 0 bridgehead atoms. The van der Waals surface area contributed by atoms with E-state index in [2.05, 4.69) is 16.1 Å². The number of imidazole rings is 1. The molecule has 0 aliphatic carbocycles. The third-order valence-corrected chi connectivity index (χ3v) is 5.19. The normalized spacial score (nSPS) is 13.1. The molecule has 1 aliphatic heterocycles. The summed E-state index contributed by atoms with van der Waals surface area (Å²) in [7, 11) is 1.64. The van der Waals surface area contributed by atoms with E-state index in [9.17, 15) is 4.79 Å². The van der Waals surface area contributed by atoms with E-state index in [1.165, 1.54) is 12.8 Å². The lowest BCUT2D eigenvalue weighted by Crippen LogP contribution is -2.14. The van der Waals surface area contributed by atoms with Gasteiger partial charge in [0.25, 0.3) is 0 Å². The molecule has 3 aromatic rings. The molecule has 1 aromatic heterocycles. The zero-order valence-corrected chi connectivity index (χ0v) is 16.4. The fourth-order valence-corrected chi connectivity index (χ4v) is 3.67. The Bertz CT molecular complexity index is 983. The first-order chi connectivity index (χ1) is 13.6. The molecule has 2 heterocycles. The van der Waals surface area contributed by atoms with Gasteiger partial charge in [-0.3, -0.25) is 4.79 Å². The van der Waals surface area contributed by atoms with Gasteiger partial charge in [-0.25, -0.2) is 4.98 Å². The topological polar surface area (TPSA) is 56.1 Å². The lowest BCUT2D eigenvalue weighted by Gasteiger charge is -2.11. The summed E-state index contributed by atoms with van der Waals surface area (Å²) in [4.78, 5) is 17.3. The lowest BCUT2D eigenvalue weighted by atomic mass is 10.1. The Kier molecular flexibility index (Phi) is 5.15. The van der Waals surface area contributed by atoms with Crippen molar-refractivity contribution in [2.24, 2.45) is 0 Å². The third-order valence-electron chi connectivity index (χ3n) is 5.19. The molecular formula is C23H25N3O2. The summed E-state index contributed by atoms with van der Waals surface area (Å²) in [5.74, 6) is 1.91. The number of benzene rings is 2. The Balaban J connectivity index is 1.47. The summed E-state index contributed by atoms with van der Waals surface area (Å²) in [6, 6.07) is 13.7. The highest BCUT2D eigenvalue weighted by Crippen LogP contribution is 2.25. The molecule has 0 atom stereocenters. The standard InChI is InChI=1S/C23H25N3O2/c1-16-9-10-17(12-21(16)28-2)13-23(27)24-19-7-5-6-18(14-19)20-15-26-11-4-3-8-22(26)25-20/h5-7,9-10,12,14-15H,3-4,8,11,13H2,1-2H3,(H,24,27). The van der Waals surface area contributed by atoms with Crippen LogP contribution in [-0.4, -0.2) is 22.6 Å². The first-order valence-electron chi connectivity index (χ1n) is 9.72. The van der Waals surface area contributed by atoms with E-state index in [-0.39, 0.29) is 5.91 Å². The van der Waals surface area contributed by atoms with Crippen LogP contribution in [0.1, 0.15) is 29.8 Å². The van der Waals surface area contributed by atoms with Crippen molar-refractivity contribution in [1.29, 1.82) is 0 Å². The summed E-state index contributed by atoms with van der Waals surface area (Å²) in [6.45, 7) is 3.03. The van der Waals surface area contributed by atoms with E-state index in [4.69, 9.17) is 9.72 Å². The van der Waals surface area contributed by atoms with Crippen LogP contribution < -0.4 is 10.1 Å². The molecule has 5 nitrogen and oxygen atoms in total. The predicted octanol–water partition coefficient (Wildman–Crippen LogP) is 4.38. The van der Waals surface area contributed by atoms with E-state index in [0.717, 1.165) is 52.6 Å². The number of hydrogen-bond donors (Lipinski definition) is 1. The predicted molar refractivity (Wildman–Crippen MR) is 111 cm³/mol. The Morgan fingerprint density at radius 2 is 2.11 bits per heavy atom. The van der Waals surface area contributed by atoms with Crippen molar-refractivity contribution in [3.05, 3.63) is 65.6 Å². The van der Waals surface area contributed by atoms with Gasteiger partial charge in [-0.1, -0.05) is 24.3 Å². The van der Waals surface area contributed by atoms with Crippen molar-refractivity contribution in [2.75, 3.05) is 12.4 Å². The number of nitrogens with one attached hydrogen (secondary N) is 1. The van der Waals surface area contributed by atoms with Crippen LogP contribution in [0, 0.1) is 6.92 Å². The molecule has 4 rings (SSSR count). The van der Waals surface area contributed by atoms with Gasteiger partial charge in [-0.05, 0) is 49.1 Å². The largest absolute Gasteiger partial charge is 0.496 e. The number of methoxy groups -OCH3 is 1. The Hall–Kier alpha value is -3.08. The van der Waals surface area contributed by atoms with Crippen LogP contribution in [0.2, 0.25) is 0 Å². The number of fused-ring (bicyclic) bond motifs is 1. The number of amides is 1. The highest BCUT2D eigenvalue weighted by atomic mass is 16.5.